The molecular weight excluding hydrogens is 703 g/mol. The van der Waals surface area contributed by atoms with Crippen molar-refractivity contribution in [3.05, 3.63) is 58.6 Å². The SMILES string of the molecule is Cc1cc([C@@H](C(=O)N2CCCC2C(=O)N[C@@H](COCCOCCOCCN(C)C(=O)OC(C)(C)C)c2ccc(-c3scnc3C)cc2)C(C)CO)on1. The fourth-order valence-electron chi connectivity index (χ4n) is 5.97. The number of aliphatic hydroxyl groups excluding tert-OH is 1. The quantitative estimate of drug-likeness (QED) is 0.160. The zero-order chi connectivity index (χ0) is 38.5. The Morgan fingerprint density at radius 2 is 1.75 bits per heavy atom. The fraction of sp³-hybridized carbons (Fsp3) is 0.605. The summed E-state index contributed by atoms with van der Waals surface area (Å²) in [7, 11) is 1.66. The van der Waals surface area contributed by atoms with Crippen LogP contribution in [0.3, 0.4) is 0 Å². The van der Waals surface area contributed by atoms with Crippen LogP contribution in [0.15, 0.2) is 40.4 Å². The molecule has 1 aliphatic heterocycles. The minimum Gasteiger partial charge on any atom is -0.444 e. The van der Waals surface area contributed by atoms with Crippen LogP contribution in [0, 0.1) is 19.8 Å². The van der Waals surface area contributed by atoms with Gasteiger partial charge >= 0.3 is 6.09 Å². The number of rotatable bonds is 19. The van der Waals surface area contributed by atoms with Gasteiger partial charge in [-0.05, 0) is 64.5 Å². The number of carbonyl (C=O) groups is 3. The molecule has 14 nitrogen and oxygen atoms in total. The van der Waals surface area contributed by atoms with E-state index in [9.17, 15) is 19.5 Å². The molecule has 4 atom stereocenters. The van der Waals surface area contributed by atoms with E-state index in [0.29, 0.717) is 63.8 Å². The molecule has 0 spiro atoms. The maximum absolute atomic E-state index is 13.9. The van der Waals surface area contributed by atoms with Gasteiger partial charge in [0.05, 0.1) is 67.5 Å². The molecule has 1 aliphatic rings. The molecule has 0 bridgehead atoms. The zero-order valence-corrected chi connectivity index (χ0v) is 32.8. The highest BCUT2D eigenvalue weighted by atomic mass is 32.1. The molecule has 3 amide bonds. The molecule has 4 rings (SSSR count). The van der Waals surface area contributed by atoms with Gasteiger partial charge in [-0.15, -0.1) is 11.3 Å². The second-order valence-corrected chi connectivity index (χ2v) is 15.2. The number of carbonyl (C=O) groups excluding carboxylic acids is 3. The summed E-state index contributed by atoms with van der Waals surface area (Å²) in [5.74, 6) is -1.36. The van der Waals surface area contributed by atoms with E-state index in [1.807, 2.05) is 57.5 Å². The second-order valence-electron chi connectivity index (χ2n) is 14.3. The number of hydrogen-bond acceptors (Lipinski definition) is 12. The van der Waals surface area contributed by atoms with Gasteiger partial charge in [0.15, 0.2) is 0 Å². The molecule has 0 radical (unpaired) electrons. The minimum absolute atomic E-state index is 0.184. The van der Waals surface area contributed by atoms with Crippen LogP contribution < -0.4 is 5.32 Å². The van der Waals surface area contributed by atoms with Crippen LogP contribution in [0.2, 0.25) is 0 Å². The second kappa shape index (κ2) is 20.0. The average molecular weight is 758 g/mol. The summed E-state index contributed by atoms with van der Waals surface area (Å²) in [6.45, 7) is 13.4. The van der Waals surface area contributed by atoms with Gasteiger partial charge in [0.1, 0.15) is 23.3 Å². The van der Waals surface area contributed by atoms with Crippen molar-refractivity contribution in [2.24, 2.45) is 5.92 Å². The lowest BCUT2D eigenvalue weighted by molar-refractivity contribution is -0.141. The van der Waals surface area contributed by atoms with Crippen LogP contribution in [0.1, 0.15) is 75.2 Å². The van der Waals surface area contributed by atoms with Gasteiger partial charge in [-0.3, -0.25) is 9.59 Å². The van der Waals surface area contributed by atoms with Crippen molar-refractivity contribution in [3.8, 4) is 10.4 Å². The van der Waals surface area contributed by atoms with Crippen molar-refractivity contribution in [1.29, 1.82) is 0 Å². The van der Waals surface area contributed by atoms with Crippen molar-refractivity contribution in [1.82, 2.24) is 25.3 Å². The Morgan fingerprint density at radius 3 is 2.36 bits per heavy atom. The number of thiazole rings is 1. The summed E-state index contributed by atoms with van der Waals surface area (Å²) < 4.78 is 28.1. The number of nitrogens with one attached hydrogen (secondary N) is 1. The minimum atomic E-state index is -0.763. The Kier molecular flexibility index (Phi) is 15.8. The lowest BCUT2D eigenvalue weighted by Gasteiger charge is -2.30. The number of likely N-dealkylation sites (N-methyl/N-ethyl adjacent to an activating group) is 1. The maximum Gasteiger partial charge on any atom is 0.410 e. The molecule has 1 saturated heterocycles. The number of hydrogen-bond donors (Lipinski definition) is 2. The summed E-state index contributed by atoms with van der Waals surface area (Å²) in [6.07, 6.45) is 0.783. The Hall–Kier alpha value is -3.89. The average Bonchev–Trinajstić information content (AvgIpc) is 3.89. The fourth-order valence-corrected chi connectivity index (χ4v) is 6.78. The Balaban J connectivity index is 1.32. The normalized spacial score (nSPS) is 16.3. The Morgan fingerprint density at radius 1 is 1.08 bits per heavy atom. The lowest BCUT2D eigenvalue weighted by Crippen LogP contribution is -2.49. The summed E-state index contributed by atoms with van der Waals surface area (Å²) in [6, 6.07) is 8.48. The van der Waals surface area contributed by atoms with Crippen LogP contribution in [0.5, 0.6) is 0 Å². The molecule has 53 heavy (non-hydrogen) atoms. The van der Waals surface area contributed by atoms with Crippen LogP contribution in [-0.4, -0.2) is 121 Å². The van der Waals surface area contributed by atoms with Crippen LogP contribution in [-0.2, 0) is 28.5 Å². The number of ether oxygens (including phenoxy) is 4. The van der Waals surface area contributed by atoms with E-state index in [4.69, 9.17) is 23.5 Å². The lowest BCUT2D eigenvalue weighted by atomic mass is 9.90. The molecule has 2 aromatic heterocycles. The van der Waals surface area contributed by atoms with Gasteiger partial charge < -0.3 is 43.7 Å². The number of amides is 3. The van der Waals surface area contributed by atoms with E-state index in [-0.39, 0.29) is 31.6 Å². The van der Waals surface area contributed by atoms with E-state index in [1.54, 1.807) is 43.2 Å². The van der Waals surface area contributed by atoms with Crippen LogP contribution >= 0.6 is 11.3 Å². The molecule has 292 valence electrons. The largest absolute Gasteiger partial charge is 0.444 e. The van der Waals surface area contributed by atoms with E-state index in [1.165, 1.54) is 4.90 Å². The Bertz CT molecular complexity index is 1610. The molecule has 1 aromatic carbocycles. The predicted molar refractivity (Wildman–Crippen MR) is 199 cm³/mol. The number of benzene rings is 1. The van der Waals surface area contributed by atoms with Crippen molar-refractivity contribution in [3.63, 3.8) is 0 Å². The molecule has 1 fully saturated rings. The number of nitrogens with zero attached hydrogens (tertiary/aromatic N) is 4. The summed E-state index contributed by atoms with van der Waals surface area (Å²) in [4.78, 5) is 48.4. The van der Waals surface area contributed by atoms with E-state index >= 15 is 0 Å². The first-order chi connectivity index (χ1) is 25.3. The van der Waals surface area contributed by atoms with Gasteiger partial charge in [-0.25, -0.2) is 9.78 Å². The summed E-state index contributed by atoms with van der Waals surface area (Å²) in [5.41, 5.74) is 4.74. The number of likely N-dealkylation sites (tertiary alicyclic amines) is 1. The summed E-state index contributed by atoms with van der Waals surface area (Å²) in [5, 5.41) is 17.1. The molecule has 3 aromatic rings. The molecular formula is C38H55N5O9S. The smallest absolute Gasteiger partial charge is 0.410 e. The highest BCUT2D eigenvalue weighted by molar-refractivity contribution is 7.13. The molecule has 3 heterocycles. The van der Waals surface area contributed by atoms with Gasteiger partial charge in [0, 0.05) is 32.8 Å². The van der Waals surface area contributed by atoms with Crippen molar-refractivity contribution < 1.29 is 43.0 Å². The van der Waals surface area contributed by atoms with Gasteiger partial charge in [-0.2, -0.15) is 0 Å². The van der Waals surface area contributed by atoms with Crippen molar-refractivity contribution in [2.45, 2.75) is 78.0 Å². The maximum atomic E-state index is 13.9. The first kappa shape index (κ1) is 41.9. The highest BCUT2D eigenvalue weighted by Crippen LogP contribution is 2.32. The van der Waals surface area contributed by atoms with Gasteiger partial charge in [-0.1, -0.05) is 36.3 Å². The number of aliphatic hydroxyl groups is 1. The Labute approximate surface area is 316 Å². The third-order valence-electron chi connectivity index (χ3n) is 8.86. The standard InChI is InChI=1S/C38H55N5O9S/c1-25(22-44)33(32-21-26(2)41-52-32)36(46)43-14-8-9-31(43)35(45)40-30(28-10-12-29(13-11-28)34-27(3)39-24-53-34)23-50-20-19-49-18-17-48-16-15-42(7)37(47)51-38(4,5)6/h10-13,21,24-25,30-31,33,44H,8-9,14-20,22-23H2,1-7H3,(H,40,45)/t25?,30-,31?,33-/m0/s1. The molecule has 15 heteroatoms. The first-order valence-corrected chi connectivity index (χ1v) is 19.0. The van der Waals surface area contributed by atoms with Crippen molar-refractivity contribution >= 4 is 29.2 Å². The molecule has 2 N–H and O–H groups in total. The first-order valence-electron chi connectivity index (χ1n) is 18.1. The van der Waals surface area contributed by atoms with Crippen molar-refractivity contribution in [2.75, 3.05) is 66.4 Å². The van der Waals surface area contributed by atoms with Crippen LogP contribution in [0.25, 0.3) is 10.4 Å². The number of aromatic nitrogens is 2. The topological polar surface area (TPSA) is 166 Å². The summed E-state index contributed by atoms with van der Waals surface area (Å²) >= 11 is 1.57. The highest BCUT2D eigenvalue weighted by Gasteiger charge is 2.41. The third kappa shape index (κ3) is 12.3. The molecule has 2 unspecified atom stereocenters. The van der Waals surface area contributed by atoms with Gasteiger partial charge in [0.2, 0.25) is 11.8 Å². The molecule has 0 aliphatic carbocycles. The van der Waals surface area contributed by atoms with Crippen LogP contribution in [0.4, 0.5) is 4.79 Å². The zero-order valence-electron chi connectivity index (χ0n) is 32.0. The van der Waals surface area contributed by atoms with Gasteiger partial charge in [0.25, 0.3) is 0 Å². The van der Waals surface area contributed by atoms with E-state index < -0.39 is 35.6 Å². The van der Waals surface area contributed by atoms with E-state index in [2.05, 4.69) is 15.5 Å². The molecule has 0 saturated carbocycles. The monoisotopic (exact) mass is 757 g/mol. The third-order valence-corrected chi connectivity index (χ3v) is 9.83. The predicted octanol–water partition coefficient (Wildman–Crippen LogP) is 4.89. The van der Waals surface area contributed by atoms with E-state index in [0.717, 1.165) is 21.7 Å². The number of aryl methyl sites for hydroxylation is 2.